The minimum Gasteiger partial charge on any atom is -0.392 e. The predicted molar refractivity (Wildman–Crippen MR) is 108 cm³/mol. The molecular weight excluding hydrogens is 369 g/mol. The van der Waals surface area contributed by atoms with Gasteiger partial charge in [0.25, 0.3) is 5.91 Å². The van der Waals surface area contributed by atoms with E-state index in [-0.39, 0.29) is 24.2 Å². The summed E-state index contributed by atoms with van der Waals surface area (Å²) in [4.78, 5) is 23.7. The molecule has 0 saturated carbocycles. The molecule has 1 fully saturated rings. The Kier molecular flexibility index (Phi) is 5.62. The predicted octanol–water partition coefficient (Wildman–Crippen LogP) is 3.79. The lowest BCUT2D eigenvalue weighted by atomic mass is 9.94. The summed E-state index contributed by atoms with van der Waals surface area (Å²) < 4.78 is 13.1. The Morgan fingerprint density at radius 2 is 1.86 bits per heavy atom. The summed E-state index contributed by atoms with van der Waals surface area (Å²) in [7, 11) is 0. The van der Waals surface area contributed by atoms with Crippen molar-refractivity contribution in [2.75, 3.05) is 13.1 Å². The number of rotatable bonds is 4. The van der Waals surface area contributed by atoms with Crippen molar-refractivity contribution in [3.05, 3.63) is 83.6 Å². The maximum absolute atomic E-state index is 13.1. The van der Waals surface area contributed by atoms with E-state index in [9.17, 15) is 14.3 Å². The molecule has 2 heterocycles. The first-order chi connectivity index (χ1) is 14.1. The number of halogens is 1. The zero-order chi connectivity index (χ0) is 20.2. The van der Waals surface area contributed by atoms with Crippen molar-refractivity contribution in [3.63, 3.8) is 0 Å². The minimum atomic E-state index is -0.350. The zero-order valence-corrected chi connectivity index (χ0v) is 16.0. The monoisotopic (exact) mass is 391 g/mol. The number of nitrogens with zero attached hydrogens (tertiary/aromatic N) is 3. The number of carbonyl (C=O) groups excluding carboxylic acids is 1. The molecule has 1 aliphatic rings. The van der Waals surface area contributed by atoms with E-state index in [1.165, 1.54) is 24.3 Å². The summed E-state index contributed by atoms with van der Waals surface area (Å²) in [6, 6.07) is 13.3. The lowest BCUT2D eigenvalue weighted by Crippen LogP contribution is -2.39. The first kappa shape index (κ1) is 19.2. The molecule has 0 spiro atoms. The van der Waals surface area contributed by atoms with Crippen LogP contribution in [0.15, 0.2) is 60.9 Å². The Morgan fingerprint density at radius 1 is 1.10 bits per heavy atom. The van der Waals surface area contributed by atoms with E-state index >= 15 is 0 Å². The summed E-state index contributed by atoms with van der Waals surface area (Å²) >= 11 is 0. The second-order valence-corrected chi connectivity index (χ2v) is 7.28. The SMILES string of the molecule is O=C(c1ccc(F)cc1)N1CCCC(c2cncc(-c3ccc(CO)cc3)n2)C1. The molecule has 0 aliphatic carbocycles. The smallest absolute Gasteiger partial charge is 0.253 e. The van der Waals surface area contributed by atoms with Gasteiger partial charge in [0.2, 0.25) is 0 Å². The molecule has 1 saturated heterocycles. The van der Waals surface area contributed by atoms with Gasteiger partial charge in [-0.2, -0.15) is 0 Å². The quantitative estimate of drug-likeness (QED) is 0.735. The average molecular weight is 391 g/mol. The molecule has 1 unspecified atom stereocenters. The van der Waals surface area contributed by atoms with E-state index in [0.717, 1.165) is 35.4 Å². The Balaban J connectivity index is 1.52. The van der Waals surface area contributed by atoms with Gasteiger partial charge in [0.15, 0.2) is 0 Å². The van der Waals surface area contributed by atoms with Gasteiger partial charge in [-0.25, -0.2) is 9.37 Å². The van der Waals surface area contributed by atoms with Crippen LogP contribution in [0.3, 0.4) is 0 Å². The maximum Gasteiger partial charge on any atom is 0.253 e. The number of piperidine rings is 1. The molecule has 0 bridgehead atoms. The molecule has 1 atom stereocenters. The van der Waals surface area contributed by atoms with Crippen molar-refractivity contribution >= 4 is 5.91 Å². The van der Waals surface area contributed by atoms with Crippen molar-refractivity contribution in [1.82, 2.24) is 14.9 Å². The molecule has 2 aromatic carbocycles. The van der Waals surface area contributed by atoms with Crippen molar-refractivity contribution in [2.24, 2.45) is 0 Å². The molecule has 148 valence electrons. The fourth-order valence-electron chi connectivity index (χ4n) is 3.68. The Bertz CT molecular complexity index is 990. The number of amides is 1. The number of aromatic nitrogens is 2. The van der Waals surface area contributed by atoms with Gasteiger partial charge in [-0.15, -0.1) is 0 Å². The zero-order valence-electron chi connectivity index (χ0n) is 16.0. The van der Waals surface area contributed by atoms with Crippen molar-refractivity contribution in [2.45, 2.75) is 25.4 Å². The second kappa shape index (κ2) is 8.49. The number of aliphatic hydroxyl groups excluding tert-OH is 1. The molecule has 3 aromatic rings. The van der Waals surface area contributed by atoms with Crippen LogP contribution in [0.2, 0.25) is 0 Å². The summed E-state index contributed by atoms with van der Waals surface area (Å²) in [5.74, 6) is -0.326. The van der Waals surface area contributed by atoms with E-state index in [2.05, 4.69) is 4.98 Å². The van der Waals surface area contributed by atoms with E-state index in [4.69, 9.17) is 4.98 Å². The number of carbonyl (C=O) groups is 1. The molecule has 6 heteroatoms. The van der Waals surface area contributed by atoms with Crippen LogP contribution >= 0.6 is 0 Å². The van der Waals surface area contributed by atoms with Gasteiger partial charge in [-0.1, -0.05) is 24.3 Å². The van der Waals surface area contributed by atoms with Crippen molar-refractivity contribution in [3.8, 4) is 11.3 Å². The van der Waals surface area contributed by atoms with E-state index in [0.29, 0.717) is 18.7 Å². The number of benzene rings is 2. The fraction of sp³-hybridized carbons (Fsp3) is 0.261. The van der Waals surface area contributed by atoms with Crippen LogP contribution in [0.1, 0.15) is 40.4 Å². The first-order valence-corrected chi connectivity index (χ1v) is 9.71. The highest BCUT2D eigenvalue weighted by Gasteiger charge is 2.26. The Hall–Kier alpha value is -3.12. The van der Waals surface area contributed by atoms with Crippen LogP contribution < -0.4 is 0 Å². The topological polar surface area (TPSA) is 66.3 Å². The van der Waals surface area contributed by atoms with Crippen molar-refractivity contribution < 1.29 is 14.3 Å². The molecule has 1 aromatic heterocycles. The van der Waals surface area contributed by atoms with Gasteiger partial charge in [-0.05, 0) is 42.7 Å². The standard InChI is InChI=1S/C23H22FN3O2/c24-20-9-7-18(8-10-20)23(29)27-11-1-2-19(14-27)22-13-25-12-21(26-22)17-5-3-16(15-28)4-6-17/h3-10,12-13,19,28H,1-2,11,14-15H2. The molecule has 1 N–H and O–H groups in total. The van der Waals surface area contributed by atoms with E-state index in [1.807, 2.05) is 29.2 Å². The molecule has 5 nitrogen and oxygen atoms in total. The number of aliphatic hydroxyl groups is 1. The lowest BCUT2D eigenvalue weighted by molar-refractivity contribution is 0.0705. The lowest BCUT2D eigenvalue weighted by Gasteiger charge is -2.32. The Labute approximate surface area is 168 Å². The highest BCUT2D eigenvalue weighted by atomic mass is 19.1. The largest absolute Gasteiger partial charge is 0.392 e. The summed E-state index contributed by atoms with van der Waals surface area (Å²) in [5, 5.41) is 9.20. The van der Waals surface area contributed by atoms with Gasteiger partial charge >= 0.3 is 0 Å². The van der Waals surface area contributed by atoms with Gasteiger partial charge in [0.1, 0.15) is 5.82 Å². The summed E-state index contributed by atoms with van der Waals surface area (Å²) in [5.41, 5.74) is 3.92. The minimum absolute atomic E-state index is 0.00594. The molecule has 4 rings (SSSR count). The molecule has 29 heavy (non-hydrogen) atoms. The maximum atomic E-state index is 13.1. The molecule has 0 radical (unpaired) electrons. The van der Waals surface area contributed by atoms with Gasteiger partial charge < -0.3 is 10.0 Å². The third-order valence-electron chi connectivity index (χ3n) is 5.30. The van der Waals surface area contributed by atoms with Gasteiger partial charge in [0, 0.05) is 36.3 Å². The third-order valence-corrected chi connectivity index (χ3v) is 5.30. The van der Waals surface area contributed by atoms with E-state index in [1.54, 1.807) is 12.4 Å². The van der Waals surface area contributed by atoms with Crippen LogP contribution in [-0.4, -0.2) is 39.0 Å². The third kappa shape index (κ3) is 4.32. The molecule has 1 amide bonds. The number of hydrogen-bond donors (Lipinski definition) is 1. The summed E-state index contributed by atoms with van der Waals surface area (Å²) in [6.45, 7) is 1.26. The van der Waals surface area contributed by atoms with Crippen LogP contribution in [0.25, 0.3) is 11.3 Å². The van der Waals surface area contributed by atoms with Crippen LogP contribution in [0, 0.1) is 5.82 Å². The molecule has 1 aliphatic heterocycles. The highest BCUT2D eigenvalue weighted by molar-refractivity contribution is 5.94. The molecular formula is C23H22FN3O2. The van der Waals surface area contributed by atoms with Crippen LogP contribution in [-0.2, 0) is 6.61 Å². The normalized spacial score (nSPS) is 16.6. The van der Waals surface area contributed by atoms with E-state index < -0.39 is 0 Å². The van der Waals surface area contributed by atoms with Crippen molar-refractivity contribution in [1.29, 1.82) is 0 Å². The second-order valence-electron chi connectivity index (χ2n) is 7.28. The van der Waals surface area contributed by atoms with Crippen LogP contribution in [0.4, 0.5) is 4.39 Å². The summed E-state index contributed by atoms with van der Waals surface area (Å²) in [6.07, 6.45) is 5.31. The van der Waals surface area contributed by atoms with Gasteiger partial charge in [-0.3, -0.25) is 9.78 Å². The first-order valence-electron chi connectivity index (χ1n) is 9.71. The number of hydrogen-bond acceptors (Lipinski definition) is 4. The number of likely N-dealkylation sites (tertiary alicyclic amines) is 1. The van der Waals surface area contributed by atoms with Crippen LogP contribution in [0.5, 0.6) is 0 Å². The Morgan fingerprint density at radius 3 is 2.59 bits per heavy atom. The average Bonchev–Trinajstić information content (AvgIpc) is 2.79. The fourth-order valence-corrected chi connectivity index (χ4v) is 3.68. The van der Waals surface area contributed by atoms with Gasteiger partial charge in [0.05, 0.1) is 24.2 Å². The highest BCUT2D eigenvalue weighted by Crippen LogP contribution is 2.28.